The lowest BCUT2D eigenvalue weighted by Gasteiger charge is -2.11. The average molecular weight is 634 g/mol. The second-order valence-electron chi connectivity index (χ2n) is 13.7. The number of hydrogen-bond acceptors (Lipinski definition) is 0. The van der Waals surface area contributed by atoms with E-state index >= 15 is 0 Å². The van der Waals surface area contributed by atoms with E-state index in [1.807, 2.05) is 0 Å². The maximum absolute atomic E-state index is 2.48. The third kappa shape index (κ3) is 3.95. The summed E-state index contributed by atoms with van der Waals surface area (Å²) in [5, 5.41) is 5.28. The molecule has 0 unspecified atom stereocenters. The Labute approximate surface area is 290 Å². The van der Waals surface area contributed by atoms with E-state index in [9.17, 15) is 0 Å². The Morgan fingerprint density at radius 3 is 1.52 bits per heavy atom. The summed E-state index contributed by atoms with van der Waals surface area (Å²) in [5.74, 6) is 0. The Bertz CT molecular complexity index is 2930. The zero-order chi connectivity index (χ0) is 32.8. The lowest BCUT2D eigenvalue weighted by atomic mass is 9.93. The second kappa shape index (κ2) is 10.5. The highest BCUT2D eigenvalue weighted by atomic mass is 14.9. The highest BCUT2D eigenvalue weighted by Gasteiger charge is 2.25. The van der Waals surface area contributed by atoms with Gasteiger partial charge in [-0.1, -0.05) is 158 Å². The smallest absolute Gasteiger partial charge is 0.0620 e. The average Bonchev–Trinajstić information content (AvgIpc) is 3.85. The predicted molar refractivity (Wildman–Crippen MR) is 211 cm³/mol. The third-order valence-electron chi connectivity index (χ3n) is 11.0. The van der Waals surface area contributed by atoms with Gasteiger partial charge in [0.1, 0.15) is 0 Å². The summed E-state index contributed by atoms with van der Waals surface area (Å²) in [6, 6.07) is 64.9. The number of rotatable bonds is 4. The van der Waals surface area contributed by atoms with Gasteiger partial charge in [-0.15, -0.1) is 0 Å². The molecule has 0 spiro atoms. The predicted octanol–water partition coefficient (Wildman–Crippen LogP) is 13.1. The van der Waals surface area contributed by atoms with Crippen molar-refractivity contribution in [1.82, 2.24) is 4.40 Å². The van der Waals surface area contributed by atoms with Crippen LogP contribution in [0, 0.1) is 0 Å². The molecule has 1 heteroatoms. The summed E-state index contributed by atoms with van der Waals surface area (Å²) in [6.45, 7) is 0. The molecule has 0 fully saturated rings. The molecule has 232 valence electrons. The van der Waals surface area contributed by atoms with Crippen LogP contribution in [-0.2, 0) is 6.42 Å². The molecule has 0 saturated carbocycles. The Morgan fingerprint density at radius 2 is 0.780 bits per heavy atom. The van der Waals surface area contributed by atoms with Gasteiger partial charge in [-0.25, -0.2) is 0 Å². The standard InChI is InChI=1S/C49H31N/c1-2-10-31(11-3-1)32-22-24-33(25-23-32)34-12-6-13-35(28-34)37-15-7-17-39-40-18-8-16-38(46(40)30-45(37)39)36-26-27-42-44-20-9-19-43-41-14-4-5-21-47(41)50(49(43)44)48(42)29-36/h1-29H,30H2. The summed E-state index contributed by atoms with van der Waals surface area (Å²) in [6.07, 6.45) is 0.918. The normalized spacial score (nSPS) is 12.3. The lowest BCUT2D eigenvalue weighted by Crippen LogP contribution is -1.91. The molecule has 0 bridgehead atoms. The van der Waals surface area contributed by atoms with Crippen molar-refractivity contribution in [1.29, 1.82) is 0 Å². The fourth-order valence-corrected chi connectivity index (χ4v) is 8.73. The number of hydrogen-bond donors (Lipinski definition) is 0. The van der Waals surface area contributed by atoms with Crippen molar-refractivity contribution in [2.75, 3.05) is 0 Å². The molecule has 50 heavy (non-hydrogen) atoms. The van der Waals surface area contributed by atoms with E-state index in [0.717, 1.165) is 6.42 Å². The summed E-state index contributed by atoms with van der Waals surface area (Å²) in [4.78, 5) is 0. The summed E-state index contributed by atoms with van der Waals surface area (Å²) < 4.78 is 2.48. The Hall–Kier alpha value is -6.44. The van der Waals surface area contributed by atoms with E-state index in [2.05, 4.69) is 180 Å². The minimum Gasteiger partial charge on any atom is -0.308 e. The van der Waals surface area contributed by atoms with E-state index < -0.39 is 0 Å². The van der Waals surface area contributed by atoms with Crippen LogP contribution in [0.1, 0.15) is 11.1 Å². The Morgan fingerprint density at radius 1 is 0.300 bits per heavy atom. The van der Waals surface area contributed by atoms with Gasteiger partial charge in [0.2, 0.25) is 0 Å². The van der Waals surface area contributed by atoms with Gasteiger partial charge < -0.3 is 4.40 Å². The fourth-order valence-electron chi connectivity index (χ4n) is 8.73. The van der Waals surface area contributed by atoms with Crippen LogP contribution in [0.25, 0.3) is 93.7 Å². The highest BCUT2D eigenvalue weighted by Crippen LogP contribution is 2.47. The van der Waals surface area contributed by atoms with Gasteiger partial charge in [0.05, 0.1) is 16.6 Å². The zero-order valence-corrected chi connectivity index (χ0v) is 27.4. The maximum Gasteiger partial charge on any atom is 0.0620 e. The molecule has 0 amide bonds. The van der Waals surface area contributed by atoms with Crippen LogP contribution in [-0.4, -0.2) is 4.40 Å². The van der Waals surface area contributed by atoms with E-state index in [-0.39, 0.29) is 0 Å². The topological polar surface area (TPSA) is 4.41 Å². The summed E-state index contributed by atoms with van der Waals surface area (Å²) in [7, 11) is 0. The van der Waals surface area contributed by atoms with Crippen LogP contribution in [0.5, 0.6) is 0 Å². The first-order valence-electron chi connectivity index (χ1n) is 17.5. The van der Waals surface area contributed by atoms with Gasteiger partial charge >= 0.3 is 0 Å². The van der Waals surface area contributed by atoms with Crippen molar-refractivity contribution >= 4 is 38.1 Å². The lowest BCUT2D eigenvalue weighted by molar-refractivity contribution is 1.26. The number of benzene rings is 8. The minimum absolute atomic E-state index is 0.918. The molecule has 1 aliphatic carbocycles. The van der Waals surface area contributed by atoms with Gasteiger partial charge in [-0.2, -0.15) is 0 Å². The number of aromatic nitrogens is 1. The largest absolute Gasteiger partial charge is 0.308 e. The van der Waals surface area contributed by atoms with Crippen molar-refractivity contribution in [2.24, 2.45) is 0 Å². The van der Waals surface area contributed by atoms with E-state index in [1.54, 1.807) is 0 Å². The first-order chi connectivity index (χ1) is 24.8. The minimum atomic E-state index is 0.918. The molecule has 0 aliphatic heterocycles. The van der Waals surface area contributed by atoms with Gasteiger partial charge in [0.25, 0.3) is 0 Å². The summed E-state index contributed by atoms with van der Waals surface area (Å²) in [5.41, 5.74) is 19.5. The van der Waals surface area contributed by atoms with Gasteiger partial charge in [-0.05, 0) is 91.4 Å². The number of fused-ring (bicyclic) bond motifs is 9. The van der Waals surface area contributed by atoms with Crippen molar-refractivity contribution in [2.45, 2.75) is 6.42 Å². The van der Waals surface area contributed by atoms with Crippen molar-refractivity contribution in [3.05, 3.63) is 187 Å². The third-order valence-corrected chi connectivity index (χ3v) is 11.0. The SMILES string of the molecule is c1ccc(-c2ccc(-c3cccc(-c4cccc5c4Cc4c(-c6ccc7c8cccc9c%10ccccc%10n(c7c6)c98)cccc4-5)c3)cc2)cc1. The van der Waals surface area contributed by atoms with Gasteiger partial charge in [-0.3, -0.25) is 0 Å². The quantitative estimate of drug-likeness (QED) is 0.182. The van der Waals surface area contributed by atoms with Crippen molar-refractivity contribution < 1.29 is 0 Å². The highest BCUT2D eigenvalue weighted by molar-refractivity contribution is 6.23. The molecule has 0 N–H and O–H groups in total. The molecule has 8 aromatic carbocycles. The van der Waals surface area contributed by atoms with Crippen LogP contribution in [0.15, 0.2) is 176 Å². The van der Waals surface area contributed by atoms with Crippen molar-refractivity contribution in [3.8, 4) is 55.6 Å². The number of para-hydroxylation sites is 2. The Kier molecular flexibility index (Phi) is 5.79. The number of nitrogens with zero attached hydrogens (tertiary/aromatic N) is 1. The first-order valence-corrected chi connectivity index (χ1v) is 17.5. The van der Waals surface area contributed by atoms with Crippen LogP contribution >= 0.6 is 0 Å². The van der Waals surface area contributed by atoms with Crippen LogP contribution in [0.2, 0.25) is 0 Å². The van der Waals surface area contributed by atoms with Gasteiger partial charge in [0.15, 0.2) is 0 Å². The van der Waals surface area contributed by atoms with Crippen LogP contribution in [0.4, 0.5) is 0 Å². The maximum atomic E-state index is 2.48. The van der Waals surface area contributed by atoms with E-state index in [4.69, 9.17) is 0 Å². The Balaban J connectivity index is 0.998. The molecule has 2 aromatic heterocycles. The van der Waals surface area contributed by atoms with E-state index in [0.29, 0.717) is 0 Å². The van der Waals surface area contributed by atoms with Gasteiger partial charge in [0, 0.05) is 21.5 Å². The molecule has 1 aliphatic rings. The van der Waals surface area contributed by atoms with Crippen LogP contribution < -0.4 is 0 Å². The summed E-state index contributed by atoms with van der Waals surface area (Å²) >= 11 is 0. The molecular weight excluding hydrogens is 603 g/mol. The molecule has 0 saturated heterocycles. The first kappa shape index (κ1) is 27.5. The monoisotopic (exact) mass is 633 g/mol. The fraction of sp³-hybridized carbons (Fsp3) is 0.0204. The zero-order valence-electron chi connectivity index (χ0n) is 27.4. The molecule has 1 nitrogen and oxygen atoms in total. The van der Waals surface area contributed by atoms with Crippen molar-refractivity contribution in [3.63, 3.8) is 0 Å². The molecule has 0 atom stereocenters. The second-order valence-corrected chi connectivity index (χ2v) is 13.7. The molecule has 10 aromatic rings. The molecule has 2 heterocycles. The van der Waals surface area contributed by atoms with Crippen LogP contribution in [0.3, 0.4) is 0 Å². The molecule has 0 radical (unpaired) electrons. The molecule has 11 rings (SSSR count). The van der Waals surface area contributed by atoms with E-state index in [1.165, 1.54) is 105 Å². The molecular formula is C49H31N.